The first-order chi connectivity index (χ1) is 10.2. The third-order valence-corrected chi connectivity index (χ3v) is 4.65. The van der Waals surface area contributed by atoms with E-state index in [0.29, 0.717) is 12.1 Å². The molecule has 2 fully saturated rings. The summed E-state index contributed by atoms with van der Waals surface area (Å²) in [5.41, 5.74) is 1.46. The molecule has 1 aromatic carbocycles. The predicted octanol–water partition coefficient (Wildman–Crippen LogP) is 3.67. The van der Waals surface area contributed by atoms with Crippen LogP contribution in [0.25, 0.3) is 0 Å². The zero-order valence-electron chi connectivity index (χ0n) is 13.2. The van der Waals surface area contributed by atoms with Gasteiger partial charge in [0.2, 0.25) is 0 Å². The second-order valence-corrected chi connectivity index (χ2v) is 6.80. The van der Waals surface area contributed by atoms with E-state index in [2.05, 4.69) is 43.4 Å². The molecule has 21 heavy (non-hydrogen) atoms. The molecule has 1 saturated heterocycles. The van der Waals surface area contributed by atoms with Gasteiger partial charge in [0.05, 0.1) is 12.2 Å². The first-order valence-corrected chi connectivity index (χ1v) is 8.28. The minimum Gasteiger partial charge on any atom is -0.490 e. The zero-order chi connectivity index (χ0) is 14.7. The Bertz CT molecular complexity index is 451. The van der Waals surface area contributed by atoms with Gasteiger partial charge in [-0.3, -0.25) is 0 Å². The number of benzene rings is 1. The highest BCUT2D eigenvalue weighted by Crippen LogP contribution is 2.43. The summed E-state index contributed by atoms with van der Waals surface area (Å²) in [4.78, 5) is 0. The van der Waals surface area contributed by atoms with E-state index in [4.69, 9.17) is 9.47 Å². The first kappa shape index (κ1) is 14.9. The van der Waals surface area contributed by atoms with Crippen LogP contribution in [0.5, 0.6) is 5.75 Å². The highest BCUT2D eigenvalue weighted by molar-refractivity contribution is 5.27. The van der Waals surface area contributed by atoms with Crippen molar-refractivity contribution >= 4 is 0 Å². The molecule has 3 heteroatoms. The second kappa shape index (κ2) is 6.37. The Kier molecular flexibility index (Phi) is 4.51. The van der Waals surface area contributed by atoms with Gasteiger partial charge in [-0.2, -0.15) is 0 Å². The fourth-order valence-electron chi connectivity index (χ4n) is 3.20. The minimum atomic E-state index is 0.157. The summed E-state index contributed by atoms with van der Waals surface area (Å²) < 4.78 is 12.1. The molecule has 1 unspecified atom stereocenters. The van der Waals surface area contributed by atoms with Gasteiger partial charge < -0.3 is 14.8 Å². The summed E-state index contributed by atoms with van der Waals surface area (Å²) in [6, 6.07) is 9.02. The van der Waals surface area contributed by atoms with E-state index in [1.54, 1.807) is 0 Å². The van der Waals surface area contributed by atoms with Crippen LogP contribution in [0.15, 0.2) is 24.3 Å². The Hall–Kier alpha value is -1.06. The van der Waals surface area contributed by atoms with Crippen molar-refractivity contribution in [1.29, 1.82) is 0 Å². The van der Waals surface area contributed by atoms with Gasteiger partial charge in [0.1, 0.15) is 11.9 Å². The first-order valence-electron chi connectivity index (χ1n) is 8.28. The fraction of sp³-hybridized carbons (Fsp3) is 0.667. The maximum Gasteiger partial charge on any atom is 0.119 e. The van der Waals surface area contributed by atoms with Crippen LogP contribution in [0.2, 0.25) is 0 Å². The lowest BCUT2D eigenvalue weighted by Crippen LogP contribution is -2.48. The summed E-state index contributed by atoms with van der Waals surface area (Å²) in [6.07, 6.45) is 6.13. The Morgan fingerprint density at radius 1 is 1.29 bits per heavy atom. The average Bonchev–Trinajstić information content (AvgIpc) is 2.45. The van der Waals surface area contributed by atoms with Gasteiger partial charge in [-0.25, -0.2) is 0 Å². The van der Waals surface area contributed by atoms with Crippen LogP contribution in [0.3, 0.4) is 0 Å². The molecular weight excluding hydrogens is 262 g/mol. The molecule has 0 bridgehead atoms. The van der Waals surface area contributed by atoms with Crippen molar-refractivity contribution in [1.82, 2.24) is 5.32 Å². The molecule has 0 radical (unpaired) electrons. The highest BCUT2D eigenvalue weighted by atomic mass is 16.5. The van der Waals surface area contributed by atoms with Crippen molar-refractivity contribution in [3.63, 3.8) is 0 Å². The predicted molar refractivity (Wildman–Crippen MR) is 84.6 cm³/mol. The third-order valence-electron chi connectivity index (χ3n) is 4.65. The molecule has 1 spiro atoms. The fourth-order valence-corrected chi connectivity index (χ4v) is 3.20. The molecule has 1 aliphatic heterocycles. The molecular formula is C18H27NO2. The summed E-state index contributed by atoms with van der Waals surface area (Å²) in [7, 11) is 0. The maximum absolute atomic E-state index is 6.17. The van der Waals surface area contributed by atoms with Gasteiger partial charge in [-0.15, -0.1) is 0 Å². The van der Waals surface area contributed by atoms with Crippen molar-refractivity contribution in [2.75, 3.05) is 6.61 Å². The molecule has 3 rings (SSSR count). The van der Waals surface area contributed by atoms with Gasteiger partial charge in [0.25, 0.3) is 0 Å². The topological polar surface area (TPSA) is 30.5 Å². The number of hydrogen-bond acceptors (Lipinski definition) is 3. The summed E-state index contributed by atoms with van der Waals surface area (Å²) in [5, 5.41) is 3.43. The maximum atomic E-state index is 6.17. The van der Waals surface area contributed by atoms with Gasteiger partial charge in [0.15, 0.2) is 0 Å². The van der Waals surface area contributed by atoms with Crippen LogP contribution in [0.1, 0.15) is 51.5 Å². The lowest BCUT2D eigenvalue weighted by Gasteiger charge is -2.46. The lowest BCUT2D eigenvalue weighted by atomic mass is 9.74. The highest BCUT2D eigenvalue weighted by Gasteiger charge is 2.43. The van der Waals surface area contributed by atoms with Crippen LogP contribution < -0.4 is 10.1 Å². The molecule has 1 heterocycles. The molecule has 116 valence electrons. The Balaban J connectivity index is 1.52. The lowest BCUT2D eigenvalue weighted by molar-refractivity contribution is -0.153. The van der Waals surface area contributed by atoms with Crippen LogP contribution in [-0.2, 0) is 11.3 Å². The molecule has 1 atom stereocenters. The van der Waals surface area contributed by atoms with Crippen molar-refractivity contribution in [2.24, 2.45) is 0 Å². The number of nitrogens with one attached hydrogen (secondary N) is 1. The summed E-state index contributed by atoms with van der Waals surface area (Å²) >= 11 is 0. The molecule has 1 aromatic rings. The summed E-state index contributed by atoms with van der Waals surface area (Å²) in [5.74, 6) is 0.990. The van der Waals surface area contributed by atoms with Gasteiger partial charge >= 0.3 is 0 Å². The Morgan fingerprint density at radius 3 is 2.67 bits per heavy atom. The van der Waals surface area contributed by atoms with E-state index < -0.39 is 0 Å². The van der Waals surface area contributed by atoms with Gasteiger partial charge in [0, 0.05) is 25.4 Å². The largest absolute Gasteiger partial charge is 0.490 e. The van der Waals surface area contributed by atoms with Crippen LogP contribution >= 0.6 is 0 Å². The van der Waals surface area contributed by atoms with Gasteiger partial charge in [-0.05, 0) is 37.0 Å². The van der Waals surface area contributed by atoms with Crippen LogP contribution in [0, 0.1) is 0 Å². The number of ether oxygens (including phenoxy) is 2. The van der Waals surface area contributed by atoms with Crippen LogP contribution in [0.4, 0.5) is 0 Å². The van der Waals surface area contributed by atoms with Crippen LogP contribution in [-0.4, -0.2) is 24.4 Å². The molecule has 0 aromatic heterocycles. The third kappa shape index (κ3) is 3.78. The average molecular weight is 289 g/mol. The van der Waals surface area contributed by atoms with E-state index in [-0.39, 0.29) is 5.60 Å². The molecule has 3 nitrogen and oxygen atoms in total. The Morgan fingerprint density at radius 2 is 2.05 bits per heavy atom. The number of rotatable bonds is 5. The van der Waals surface area contributed by atoms with Crippen molar-refractivity contribution < 1.29 is 9.47 Å². The van der Waals surface area contributed by atoms with Crippen molar-refractivity contribution in [2.45, 2.75) is 70.2 Å². The molecule has 1 N–H and O–H groups in total. The molecule has 0 amide bonds. The van der Waals surface area contributed by atoms with E-state index >= 15 is 0 Å². The standard InChI is InChI=1S/C18H27NO2/c1-14(2)19-13-15-4-6-16(7-5-15)21-17-8-11-20-18(12-17)9-3-10-18/h4-7,14,17,19H,3,8-13H2,1-2H3. The minimum absolute atomic E-state index is 0.157. The van der Waals surface area contributed by atoms with E-state index in [1.807, 2.05) is 0 Å². The quantitative estimate of drug-likeness (QED) is 0.897. The van der Waals surface area contributed by atoms with E-state index in [9.17, 15) is 0 Å². The monoisotopic (exact) mass is 289 g/mol. The van der Waals surface area contributed by atoms with E-state index in [0.717, 1.165) is 31.7 Å². The molecule has 1 aliphatic carbocycles. The van der Waals surface area contributed by atoms with Gasteiger partial charge in [-0.1, -0.05) is 26.0 Å². The zero-order valence-corrected chi connectivity index (χ0v) is 13.2. The van der Waals surface area contributed by atoms with E-state index in [1.165, 1.54) is 24.8 Å². The van der Waals surface area contributed by atoms with Crippen molar-refractivity contribution in [3.05, 3.63) is 29.8 Å². The smallest absolute Gasteiger partial charge is 0.119 e. The molecule has 1 saturated carbocycles. The second-order valence-electron chi connectivity index (χ2n) is 6.80. The number of hydrogen-bond donors (Lipinski definition) is 1. The SMILES string of the molecule is CC(C)NCc1ccc(OC2CCOC3(CCC3)C2)cc1. The summed E-state index contributed by atoms with van der Waals surface area (Å²) in [6.45, 7) is 6.09. The van der Waals surface area contributed by atoms with Crippen molar-refractivity contribution in [3.8, 4) is 5.75 Å². The normalized spacial score (nSPS) is 24.0. The molecule has 2 aliphatic rings. The Labute approximate surface area is 128 Å².